The molecule has 0 aliphatic carbocycles. The fourth-order valence-electron chi connectivity index (χ4n) is 2.60. The molecule has 0 saturated heterocycles. The Kier molecular flexibility index (Phi) is 5.49. The number of ether oxygens (including phenoxy) is 1. The van der Waals surface area contributed by atoms with Crippen molar-refractivity contribution in [3.05, 3.63) is 64.9 Å². The molecule has 3 heterocycles. The number of hydrogen-bond donors (Lipinski definition) is 1. The highest BCUT2D eigenvalue weighted by Crippen LogP contribution is 2.22. The molecule has 3 rings (SSSR count). The number of nitrogens with one attached hydrogen (secondary N) is 1. The summed E-state index contributed by atoms with van der Waals surface area (Å²) in [7, 11) is 0. The van der Waals surface area contributed by atoms with Crippen molar-refractivity contribution >= 4 is 5.91 Å². The van der Waals surface area contributed by atoms with Gasteiger partial charge in [0.1, 0.15) is 12.3 Å². The Labute approximate surface area is 158 Å². The molecule has 7 heteroatoms. The molecule has 0 saturated carbocycles. The van der Waals surface area contributed by atoms with Gasteiger partial charge in [-0.2, -0.15) is 5.10 Å². The third kappa shape index (κ3) is 4.49. The number of carbonyl (C=O) groups is 1. The van der Waals surface area contributed by atoms with Crippen molar-refractivity contribution in [2.24, 2.45) is 0 Å². The summed E-state index contributed by atoms with van der Waals surface area (Å²) in [6.45, 7) is 8.32. The van der Waals surface area contributed by atoms with E-state index in [4.69, 9.17) is 4.74 Å². The monoisotopic (exact) mass is 365 g/mol. The number of nitrogens with zero attached hydrogens (tertiary/aromatic N) is 4. The molecule has 0 radical (unpaired) electrons. The van der Waals surface area contributed by atoms with Crippen LogP contribution in [0.1, 0.15) is 28.2 Å². The first kappa shape index (κ1) is 18.6. The molecule has 0 spiro atoms. The minimum atomic E-state index is -0.118. The standard InChI is InChI=1S/C20H23N5O2/c1-13-7-8-18(11-22-13)27-20-17(6-5-9-21-20)10-23-19(26)12-25-16(4)14(2)15(3)24-25/h5-9,11H,10,12H2,1-4H3,(H,23,26). The van der Waals surface area contributed by atoms with Crippen LogP contribution in [0.15, 0.2) is 36.7 Å². The van der Waals surface area contributed by atoms with E-state index in [9.17, 15) is 4.79 Å². The number of aromatic nitrogens is 4. The maximum Gasteiger partial charge on any atom is 0.242 e. The maximum atomic E-state index is 12.3. The summed E-state index contributed by atoms with van der Waals surface area (Å²) in [4.78, 5) is 20.8. The van der Waals surface area contributed by atoms with Crippen molar-refractivity contribution in [2.75, 3.05) is 0 Å². The molecular weight excluding hydrogens is 342 g/mol. The zero-order valence-corrected chi connectivity index (χ0v) is 16.0. The molecule has 1 amide bonds. The van der Waals surface area contributed by atoms with Crippen molar-refractivity contribution in [1.29, 1.82) is 0 Å². The van der Waals surface area contributed by atoms with Crippen LogP contribution in [0.5, 0.6) is 11.6 Å². The van der Waals surface area contributed by atoms with E-state index < -0.39 is 0 Å². The quantitative estimate of drug-likeness (QED) is 0.726. The van der Waals surface area contributed by atoms with Gasteiger partial charge in [-0.25, -0.2) is 4.98 Å². The fourth-order valence-corrected chi connectivity index (χ4v) is 2.60. The minimum absolute atomic E-state index is 0.118. The molecular formula is C20H23N5O2. The van der Waals surface area contributed by atoms with Gasteiger partial charge in [-0.05, 0) is 51.5 Å². The van der Waals surface area contributed by atoms with Crippen molar-refractivity contribution in [3.8, 4) is 11.6 Å². The van der Waals surface area contributed by atoms with E-state index in [0.717, 1.165) is 28.2 Å². The van der Waals surface area contributed by atoms with Gasteiger partial charge in [0.15, 0.2) is 0 Å². The van der Waals surface area contributed by atoms with Crippen LogP contribution < -0.4 is 10.1 Å². The van der Waals surface area contributed by atoms with E-state index in [1.807, 2.05) is 52.0 Å². The van der Waals surface area contributed by atoms with E-state index in [1.165, 1.54) is 0 Å². The van der Waals surface area contributed by atoms with Gasteiger partial charge in [0.2, 0.25) is 11.8 Å². The van der Waals surface area contributed by atoms with Crippen molar-refractivity contribution < 1.29 is 9.53 Å². The second kappa shape index (κ2) is 7.99. The van der Waals surface area contributed by atoms with Crippen LogP contribution in [0.2, 0.25) is 0 Å². The molecule has 7 nitrogen and oxygen atoms in total. The lowest BCUT2D eigenvalue weighted by Gasteiger charge is -2.11. The third-order valence-electron chi connectivity index (χ3n) is 4.46. The largest absolute Gasteiger partial charge is 0.437 e. The predicted molar refractivity (Wildman–Crippen MR) is 102 cm³/mol. The Morgan fingerprint density at radius 1 is 1.15 bits per heavy atom. The molecule has 140 valence electrons. The summed E-state index contributed by atoms with van der Waals surface area (Å²) >= 11 is 0. The number of hydrogen-bond acceptors (Lipinski definition) is 5. The Morgan fingerprint density at radius 2 is 1.96 bits per heavy atom. The lowest BCUT2D eigenvalue weighted by atomic mass is 10.2. The number of amides is 1. The minimum Gasteiger partial charge on any atom is -0.437 e. The summed E-state index contributed by atoms with van der Waals surface area (Å²) in [6, 6.07) is 7.39. The molecule has 27 heavy (non-hydrogen) atoms. The van der Waals surface area contributed by atoms with Crippen molar-refractivity contribution in [3.63, 3.8) is 0 Å². The molecule has 3 aromatic rings. The van der Waals surface area contributed by atoms with E-state index >= 15 is 0 Å². The Morgan fingerprint density at radius 3 is 2.63 bits per heavy atom. The molecule has 0 aliphatic heterocycles. The van der Waals surface area contributed by atoms with Crippen LogP contribution in [0.3, 0.4) is 0 Å². The van der Waals surface area contributed by atoms with Crippen LogP contribution in [0, 0.1) is 27.7 Å². The molecule has 0 aliphatic rings. The highest BCUT2D eigenvalue weighted by molar-refractivity contribution is 5.75. The summed E-state index contributed by atoms with van der Waals surface area (Å²) in [6.07, 6.45) is 3.30. The molecule has 0 bridgehead atoms. The van der Waals surface area contributed by atoms with Gasteiger partial charge in [-0.3, -0.25) is 14.5 Å². The van der Waals surface area contributed by atoms with Crippen LogP contribution in [0.25, 0.3) is 0 Å². The summed E-state index contributed by atoms with van der Waals surface area (Å²) < 4.78 is 7.53. The zero-order chi connectivity index (χ0) is 19.4. The van der Waals surface area contributed by atoms with Crippen LogP contribution in [0.4, 0.5) is 0 Å². The average molecular weight is 365 g/mol. The van der Waals surface area contributed by atoms with Gasteiger partial charge >= 0.3 is 0 Å². The van der Waals surface area contributed by atoms with Crippen LogP contribution >= 0.6 is 0 Å². The van der Waals surface area contributed by atoms with Gasteiger partial charge in [0.05, 0.1) is 11.9 Å². The molecule has 0 fully saturated rings. The molecule has 1 N–H and O–H groups in total. The second-order valence-corrected chi connectivity index (χ2v) is 6.44. The number of aryl methyl sites for hydroxylation is 2. The van der Waals surface area contributed by atoms with Gasteiger partial charge < -0.3 is 10.1 Å². The van der Waals surface area contributed by atoms with E-state index in [1.54, 1.807) is 17.1 Å². The van der Waals surface area contributed by atoms with Gasteiger partial charge in [0.25, 0.3) is 0 Å². The van der Waals surface area contributed by atoms with E-state index in [-0.39, 0.29) is 12.5 Å². The summed E-state index contributed by atoms with van der Waals surface area (Å²) in [5, 5.41) is 7.30. The Hall–Kier alpha value is -3.22. The smallest absolute Gasteiger partial charge is 0.242 e. The molecule has 0 unspecified atom stereocenters. The Balaban J connectivity index is 1.64. The summed E-state index contributed by atoms with van der Waals surface area (Å²) in [5.74, 6) is 0.933. The Bertz CT molecular complexity index is 948. The highest BCUT2D eigenvalue weighted by Gasteiger charge is 2.12. The first-order valence-corrected chi connectivity index (χ1v) is 8.75. The number of carbonyl (C=O) groups excluding carboxylic acids is 1. The molecule has 0 aromatic carbocycles. The van der Waals surface area contributed by atoms with Crippen LogP contribution in [-0.2, 0) is 17.9 Å². The first-order valence-electron chi connectivity index (χ1n) is 8.75. The van der Waals surface area contributed by atoms with Gasteiger partial charge in [-0.15, -0.1) is 0 Å². The van der Waals surface area contributed by atoms with Crippen molar-refractivity contribution in [1.82, 2.24) is 25.1 Å². The highest BCUT2D eigenvalue weighted by atomic mass is 16.5. The predicted octanol–water partition coefficient (Wildman–Crippen LogP) is 3.02. The van der Waals surface area contributed by atoms with Gasteiger partial charge in [-0.1, -0.05) is 6.07 Å². The van der Waals surface area contributed by atoms with Crippen LogP contribution in [-0.4, -0.2) is 25.7 Å². The third-order valence-corrected chi connectivity index (χ3v) is 4.46. The normalized spacial score (nSPS) is 10.7. The fraction of sp³-hybridized carbons (Fsp3) is 0.300. The number of rotatable bonds is 6. The maximum absolute atomic E-state index is 12.3. The zero-order valence-electron chi connectivity index (χ0n) is 16.0. The second-order valence-electron chi connectivity index (χ2n) is 6.44. The van der Waals surface area contributed by atoms with Gasteiger partial charge in [0, 0.05) is 29.7 Å². The SMILES string of the molecule is Cc1ccc(Oc2ncccc2CNC(=O)Cn2nc(C)c(C)c2C)cn1. The summed E-state index contributed by atoms with van der Waals surface area (Å²) in [5.41, 5.74) is 4.75. The molecule has 0 atom stereocenters. The topological polar surface area (TPSA) is 81.9 Å². The molecule has 3 aromatic heterocycles. The lowest BCUT2D eigenvalue weighted by Crippen LogP contribution is -2.28. The first-order chi connectivity index (χ1) is 12.9. The average Bonchev–Trinajstić information content (AvgIpc) is 2.89. The van der Waals surface area contributed by atoms with E-state index in [0.29, 0.717) is 18.2 Å². The number of pyridine rings is 2. The van der Waals surface area contributed by atoms with E-state index in [2.05, 4.69) is 20.4 Å². The van der Waals surface area contributed by atoms with Crippen molar-refractivity contribution in [2.45, 2.75) is 40.8 Å². The lowest BCUT2D eigenvalue weighted by molar-refractivity contribution is -0.122.